The maximum atomic E-state index is 13.9. The number of fused-ring (bicyclic) bond motifs is 2. The molecule has 0 atom stereocenters. The molecule has 0 aliphatic carbocycles. The van der Waals surface area contributed by atoms with E-state index in [1.807, 2.05) is 6.07 Å². The summed E-state index contributed by atoms with van der Waals surface area (Å²) in [6.07, 6.45) is -10.1. The summed E-state index contributed by atoms with van der Waals surface area (Å²) in [5.41, 5.74) is -3.34. The van der Waals surface area contributed by atoms with Crippen LogP contribution in [0.25, 0.3) is 44.1 Å². The third-order valence-corrected chi connectivity index (χ3v) is 5.61. The number of aromatic nitrogens is 2. The lowest BCUT2D eigenvalue weighted by atomic mass is 9.92. The van der Waals surface area contributed by atoms with Gasteiger partial charge in [-0.05, 0) is 35.0 Å². The van der Waals surface area contributed by atoms with E-state index in [1.165, 1.54) is 0 Å². The normalized spacial score (nSPS) is 12.4. The van der Waals surface area contributed by atoms with Gasteiger partial charge in [0.1, 0.15) is 11.4 Å². The van der Waals surface area contributed by atoms with Crippen molar-refractivity contribution in [3.05, 3.63) is 96.1 Å². The molecule has 2 nitrogen and oxygen atoms in total. The van der Waals surface area contributed by atoms with Gasteiger partial charge in [-0.25, -0.2) is 0 Å². The zero-order valence-corrected chi connectivity index (χ0v) is 17.2. The standard InChI is InChI=1S/C26H14F6N2/c27-25(28,29)20-11-6-12-21(26(30,31)32)22(20)24-19-14-17-10-5-4-9-16(17)13-18(19)23(33-34-24)15-7-2-1-3-8-15/h1-14H. The summed E-state index contributed by atoms with van der Waals surface area (Å²) in [6, 6.07) is 21.2. The third-order valence-electron chi connectivity index (χ3n) is 5.61. The Bertz CT molecular complexity index is 1490. The Morgan fingerprint density at radius 1 is 0.500 bits per heavy atom. The molecule has 4 aromatic carbocycles. The van der Waals surface area contributed by atoms with E-state index in [0.717, 1.165) is 11.5 Å². The predicted molar refractivity (Wildman–Crippen MR) is 118 cm³/mol. The van der Waals surface area contributed by atoms with E-state index >= 15 is 0 Å². The molecular weight excluding hydrogens is 454 g/mol. The molecule has 1 aromatic heterocycles. The fourth-order valence-electron chi connectivity index (χ4n) is 4.11. The molecule has 0 unspecified atom stereocenters. The van der Waals surface area contributed by atoms with Gasteiger partial charge in [0.15, 0.2) is 0 Å². The Kier molecular flexibility index (Phi) is 5.04. The minimum Gasteiger partial charge on any atom is -0.166 e. The second kappa shape index (κ2) is 7.83. The summed E-state index contributed by atoms with van der Waals surface area (Å²) in [4.78, 5) is 0. The lowest BCUT2D eigenvalue weighted by Crippen LogP contribution is -2.15. The van der Waals surface area contributed by atoms with Crippen molar-refractivity contribution in [2.75, 3.05) is 0 Å². The van der Waals surface area contributed by atoms with Crippen LogP contribution in [-0.2, 0) is 12.4 Å². The number of alkyl halides is 6. The first-order valence-corrected chi connectivity index (χ1v) is 10.2. The molecular formula is C26H14F6N2. The van der Waals surface area contributed by atoms with Crippen LogP contribution in [0, 0.1) is 0 Å². The molecule has 0 bridgehead atoms. The summed E-state index contributed by atoms with van der Waals surface area (Å²) in [6.45, 7) is 0. The van der Waals surface area contributed by atoms with Crippen molar-refractivity contribution >= 4 is 21.5 Å². The van der Waals surface area contributed by atoms with Crippen molar-refractivity contribution in [3.63, 3.8) is 0 Å². The quantitative estimate of drug-likeness (QED) is 0.193. The van der Waals surface area contributed by atoms with E-state index in [1.54, 1.807) is 60.7 Å². The molecule has 170 valence electrons. The van der Waals surface area contributed by atoms with Gasteiger partial charge in [-0.15, -0.1) is 10.2 Å². The first-order chi connectivity index (χ1) is 16.1. The van der Waals surface area contributed by atoms with Crippen molar-refractivity contribution < 1.29 is 26.3 Å². The molecule has 0 N–H and O–H groups in total. The van der Waals surface area contributed by atoms with Crippen molar-refractivity contribution in [3.8, 4) is 22.5 Å². The van der Waals surface area contributed by atoms with Crippen LogP contribution in [-0.4, -0.2) is 10.2 Å². The number of rotatable bonds is 2. The molecule has 0 saturated carbocycles. The molecule has 8 heteroatoms. The van der Waals surface area contributed by atoms with Gasteiger partial charge >= 0.3 is 12.4 Å². The Balaban J connectivity index is 1.95. The van der Waals surface area contributed by atoms with Crippen molar-refractivity contribution in [1.29, 1.82) is 0 Å². The molecule has 5 rings (SSSR count). The fraction of sp³-hybridized carbons (Fsp3) is 0.0769. The van der Waals surface area contributed by atoms with Gasteiger partial charge < -0.3 is 0 Å². The van der Waals surface area contributed by atoms with Crippen LogP contribution in [0.3, 0.4) is 0 Å². The highest BCUT2D eigenvalue weighted by molar-refractivity contribution is 6.09. The number of halogens is 6. The maximum Gasteiger partial charge on any atom is 0.417 e. The second-order valence-electron chi connectivity index (χ2n) is 7.73. The molecule has 0 spiro atoms. The Labute approximate surface area is 189 Å². The van der Waals surface area contributed by atoms with E-state index < -0.39 is 34.7 Å². The summed E-state index contributed by atoms with van der Waals surface area (Å²) in [5.74, 6) is 0. The van der Waals surface area contributed by atoms with E-state index in [2.05, 4.69) is 10.2 Å². The summed E-state index contributed by atoms with van der Waals surface area (Å²) in [7, 11) is 0. The van der Waals surface area contributed by atoms with E-state index in [0.29, 0.717) is 34.2 Å². The number of benzene rings is 4. The van der Waals surface area contributed by atoms with Gasteiger partial charge in [-0.1, -0.05) is 60.7 Å². The minimum absolute atomic E-state index is 0.148. The summed E-state index contributed by atoms with van der Waals surface area (Å²) in [5, 5.41) is 10.1. The van der Waals surface area contributed by atoms with E-state index in [-0.39, 0.29) is 5.39 Å². The fourth-order valence-corrected chi connectivity index (χ4v) is 4.11. The zero-order valence-electron chi connectivity index (χ0n) is 17.2. The number of nitrogens with zero attached hydrogens (tertiary/aromatic N) is 2. The Morgan fingerprint density at radius 3 is 1.50 bits per heavy atom. The average molecular weight is 468 g/mol. The van der Waals surface area contributed by atoms with Gasteiger partial charge in [0.25, 0.3) is 0 Å². The van der Waals surface area contributed by atoms with Gasteiger partial charge in [0.2, 0.25) is 0 Å². The molecule has 0 aliphatic rings. The van der Waals surface area contributed by atoms with Crippen molar-refractivity contribution in [2.24, 2.45) is 0 Å². The maximum absolute atomic E-state index is 13.9. The van der Waals surface area contributed by atoms with Crippen molar-refractivity contribution in [2.45, 2.75) is 12.4 Å². The van der Waals surface area contributed by atoms with Gasteiger partial charge in [-0.2, -0.15) is 26.3 Å². The first kappa shape index (κ1) is 21.9. The molecule has 0 radical (unpaired) electrons. The molecule has 0 aliphatic heterocycles. The SMILES string of the molecule is FC(F)(F)c1cccc(C(F)(F)F)c1-c1nnc(-c2ccccc2)c2cc3ccccc3cc12. The highest BCUT2D eigenvalue weighted by atomic mass is 19.4. The Hall–Kier alpha value is -3.94. The van der Waals surface area contributed by atoms with Gasteiger partial charge in [0, 0.05) is 21.9 Å². The van der Waals surface area contributed by atoms with Gasteiger partial charge in [-0.3, -0.25) is 0 Å². The van der Waals surface area contributed by atoms with Gasteiger partial charge in [0.05, 0.1) is 11.1 Å². The predicted octanol–water partition coefficient (Wildman–Crippen LogP) is 8.15. The van der Waals surface area contributed by atoms with Crippen LogP contribution in [0.5, 0.6) is 0 Å². The number of hydrogen-bond donors (Lipinski definition) is 0. The minimum atomic E-state index is -5.03. The summed E-state index contributed by atoms with van der Waals surface area (Å²) < 4.78 is 83.3. The van der Waals surface area contributed by atoms with Crippen molar-refractivity contribution in [1.82, 2.24) is 10.2 Å². The third kappa shape index (κ3) is 3.75. The Morgan fingerprint density at radius 2 is 0.971 bits per heavy atom. The van der Waals surface area contributed by atoms with Crippen LogP contribution in [0.15, 0.2) is 84.9 Å². The lowest BCUT2D eigenvalue weighted by Gasteiger charge is -2.20. The highest BCUT2D eigenvalue weighted by Gasteiger charge is 2.42. The second-order valence-corrected chi connectivity index (χ2v) is 7.73. The summed E-state index contributed by atoms with van der Waals surface area (Å²) >= 11 is 0. The van der Waals surface area contributed by atoms with Crippen LogP contribution in [0.2, 0.25) is 0 Å². The van der Waals surface area contributed by atoms with E-state index in [4.69, 9.17) is 0 Å². The van der Waals surface area contributed by atoms with Crippen LogP contribution >= 0.6 is 0 Å². The molecule has 0 amide bonds. The monoisotopic (exact) mass is 468 g/mol. The topological polar surface area (TPSA) is 25.8 Å². The first-order valence-electron chi connectivity index (χ1n) is 10.2. The molecule has 1 heterocycles. The molecule has 34 heavy (non-hydrogen) atoms. The highest BCUT2D eigenvalue weighted by Crippen LogP contribution is 2.46. The average Bonchev–Trinajstić information content (AvgIpc) is 2.81. The molecule has 0 saturated heterocycles. The lowest BCUT2D eigenvalue weighted by molar-refractivity contribution is -0.142. The molecule has 0 fully saturated rings. The zero-order chi connectivity index (χ0) is 24.1. The van der Waals surface area contributed by atoms with E-state index in [9.17, 15) is 26.3 Å². The van der Waals surface area contributed by atoms with Crippen LogP contribution in [0.4, 0.5) is 26.3 Å². The number of hydrogen-bond acceptors (Lipinski definition) is 2. The largest absolute Gasteiger partial charge is 0.417 e. The smallest absolute Gasteiger partial charge is 0.166 e. The molecule has 5 aromatic rings. The van der Waals surface area contributed by atoms with Crippen LogP contribution < -0.4 is 0 Å². The van der Waals surface area contributed by atoms with Crippen LogP contribution in [0.1, 0.15) is 11.1 Å².